The maximum Gasteiger partial charge on any atom is 0.168 e. The normalized spacial score (nSPS) is 10.4. The molecule has 0 spiro atoms. The molecule has 4 heteroatoms. The molecule has 0 saturated carbocycles. The minimum Gasteiger partial charge on any atom is -0.397 e. The van der Waals surface area contributed by atoms with Gasteiger partial charge in [0.1, 0.15) is 0 Å². The molecule has 0 amide bonds. The van der Waals surface area contributed by atoms with Crippen molar-refractivity contribution < 1.29 is 8.78 Å². The Kier molecular flexibility index (Phi) is 2.56. The van der Waals surface area contributed by atoms with Crippen molar-refractivity contribution in [3.63, 3.8) is 0 Å². The third kappa shape index (κ3) is 1.62. The van der Waals surface area contributed by atoms with Gasteiger partial charge in [0.25, 0.3) is 0 Å². The summed E-state index contributed by atoms with van der Waals surface area (Å²) in [6, 6.07) is 5.66. The molecule has 2 rings (SSSR count). The van der Waals surface area contributed by atoms with Crippen LogP contribution in [0.3, 0.4) is 0 Å². The predicted octanol–water partition coefficient (Wildman–Crippen LogP) is 2.92. The van der Waals surface area contributed by atoms with Gasteiger partial charge in [-0.25, -0.2) is 8.78 Å². The summed E-state index contributed by atoms with van der Waals surface area (Å²) in [6.07, 6.45) is 1.52. The molecule has 0 radical (unpaired) electrons. The van der Waals surface area contributed by atoms with E-state index < -0.39 is 11.6 Å². The molecule has 1 aromatic carbocycles. The lowest BCUT2D eigenvalue weighted by atomic mass is 10.1. The van der Waals surface area contributed by atoms with Crippen molar-refractivity contribution >= 4 is 5.69 Å². The van der Waals surface area contributed by atoms with Crippen molar-refractivity contribution in [1.29, 1.82) is 0 Å². The molecule has 16 heavy (non-hydrogen) atoms. The molecule has 0 aliphatic heterocycles. The van der Waals surface area contributed by atoms with E-state index in [0.29, 0.717) is 5.69 Å². The second kappa shape index (κ2) is 3.89. The highest BCUT2D eigenvalue weighted by molar-refractivity contribution is 5.74. The highest BCUT2D eigenvalue weighted by Crippen LogP contribution is 2.28. The molecule has 0 atom stereocenters. The lowest BCUT2D eigenvalue weighted by Crippen LogP contribution is -1.98. The van der Waals surface area contributed by atoms with Crippen LogP contribution in [-0.4, -0.2) is 4.98 Å². The highest BCUT2D eigenvalue weighted by atomic mass is 19.2. The number of anilines is 1. The van der Waals surface area contributed by atoms with Crippen LogP contribution in [0.1, 0.15) is 5.56 Å². The van der Waals surface area contributed by atoms with Gasteiger partial charge in [0.05, 0.1) is 11.4 Å². The number of pyridine rings is 1. The molecule has 0 aliphatic rings. The quantitative estimate of drug-likeness (QED) is 0.802. The number of aromatic nitrogens is 1. The van der Waals surface area contributed by atoms with E-state index in [9.17, 15) is 8.78 Å². The van der Waals surface area contributed by atoms with Crippen LogP contribution in [0.15, 0.2) is 30.5 Å². The van der Waals surface area contributed by atoms with Crippen molar-refractivity contribution in [2.45, 2.75) is 6.92 Å². The number of hydrogen-bond acceptors (Lipinski definition) is 2. The Hall–Kier alpha value is -1.97. The Balaban J connectivity index is 2.68. The second-order valence-electron chi connectivity index (χ2n) is 3.49. The first kappa shape index (κ1) is 10.5. The van der Waals surface area contributed by atoms with Gasteiger partial charge in [0.15, 0.2) is 11.6 Å². The Morgan fingerprint density at radius 1 is 1.19 bits per heavy atom. The van der Waals surface area contributed by atoms with Crippen LogP contribution in [-0.2, 0) is 0 Å². The third-order valence-electron chi connectivity index (χ3n) is 2.41. The summed E-state index contributed by atoms with van der Waals surface area (Å²) < 4.78 is 26.6. The lowest BCUT2D eigenvalue weighted by molar-refractivity contribution is 0.511. The van der Waals surface area contributed by atoms with E-state index in [1.54, 1.807) is 13.0 Å². The summed E-state index contributed by atoms with van der Waals surface area (Å²) in [4.78, 5) is 3.98. The summed E-state index contributed by atoms with van der Waals surface area (Å²) in [5, 5.41) is 0. The molecule has 1 aromatic heterocycles. The molecular formula is C12H10F2N2. The lowest BCUT2D eigenvalue weighted by Gasteiger charge is -2.08. The number of halogens is 2. The smallest absolute Gasteiger partial charge is 0.168 e. The number of rotatable bonds is 1. The molecule has 0 bridgehead atoms. The van der Waals surface area contributed by atoms with Gasteiger partial charge in [-0.05, 0) is 30.7 Å². The largest absolute Gasteiger partial charge is 0.397 e. The van der Waals surface area contributed by atoms with Crippen molar-refractivity contribution in [3.05, 3.63) is 47.7 Å². The van der Waals surface area contributed by atoms with E-state index in [-0.39, 0.29) is 11.3 Å². The number of nitrogens with zero attached hydrogens (tertiary/aromatic N) is 1. The van der Waals surface area contributed by atoms with Crippen molar-refractivity contribution in [3.8, 4) is 11.3 Å². The zero-order chi connectivity index (χ0) is 11.7. The zero-order valence-electron chi connectivity index (χ0n) is 8.67. The maximum atomic E-state index is 13.5. The maximum absolute atomic E-state index is 13.5. The van der Waals surface area contributed by atoms with Crippen LogP contribution >= 0.6 is 0 Å². The molecule has 82 valence electrons. The number of nitrogen functional groups attached to an aromatic ring is 1. The fourth-order valence-electron chi connectivity index (χ4n) is 1.47. The number of aryl methyl sites for hydroxylation is 1. The molecule has 2 N–H and O–H groups in total. The standard InChI is InChI=1S/C12H10F2N2/c1-7-5-6-16-12(11(7)15)8-3-2-4-9(13)10(8)14/h2-6H,15H2,1H3. The molecule has 1 heterocycles. The molecule has 0 unspecified atom stereocenters. The van der Waals surface area contributed by atoms with Crippen LogP contribution in [0, 0.1) is 18.6 Å². The van der Waals surface area contributed by atoms with Crippen LogP contribution in [0.5, 0.6) is 0 Å². The van der Waals surface area contributed by atoms with Gasteiger partial charge in [-0.15, -0.1) is 0 Å². The van der Waals surface area contributed by atoms with Crippen LogP contribution in [0.4, 0.5) is 14.5 Å². The molecular weight excluding hydrogens is 210 g/mol. The van der Waals surface area contributed by atoms with Gasteiger partial charge < -0.3 is 5.73 Å². The van der Waals surface area contributed by atoms with Gasteiger partial charge in [-0.1, -0.05) is 6.07 Å². The van der Waals surface area contributed by atoms with E-state index in [0.717, 1.165) is 11.6 Å². The molecule has 0 saturated heterocycles. The Morgan fingerprint density at radius 2 is 1.94 bits per heavy atom. The van der Waals surface area contributed by atoms with Crippen molar-refractivity contribution in [2.75, 3.05) is 5.73 Å². The number of benzene rings is 1. The first-order valence-electron chi connectivity index (χ1n) is 4.76. The molecule has 0 fully saturated rings. The Bertz CT molecular complexity index is 489. The predicted molar refractivity (Wildman–Crippen MR) is 58.7 cm³/mol. The average Bonchev–Trinajstić information content (AvgIpc) is 2.27. The monoisotopic (exact) mass is 220 g/mol. The van der Waals surface area contributed by atoms with Crippen molar-refractivity contribution in [1.82, 2.24) is 4.98 Å². The first-order chi connectivity index (χ1) is 7.61. The molecule has 0 aliphatic carbocycles. The van der Waals surface area contributed by atoms with Crippen LogP contribution < -0.4 is 5.73 Å². The number of hydrogen-bond donors (Lipinski definition) is 1. The SMILES string of the molecule is Cc1ccnc(-c2cccc(F)c2F)c1N. The van der Waals surface area contributed by atoms with E-state index >= 15 is 0 Å². The van der Waals surface area contributed by atoms with Gasteiger partial charge in [0, 0.05) is 11.8 Å². The summed E-state index contributed by atoms with van der Waals surface area (Å²) in [7, 11) is 0. The molecule has 2 nitrogen and oxygen atoms in total. The average molecular weight is 220 g/mol. The summed E-state index contributed by atoms with van der Waals surface area (Å²) in [5.41, 5.74) is 7.29. The second-order valence-corrected chi connectivity index (χ2v) is 3.49. The third-order valence-corrected chi connectivity index (χ3v) is 2.41. The van der Waals surface area contributed by atoms with E-state index in [4.69, 9.17) is 5.73 Å². The first-order valence-corrected chi connectivity index (χ1v) is 4.76. The van der Waals surface area contributed by atoms with E-state index in [2.05, 4.69) is 4.98 Å². The highest BCUT2D eigenvalue weighted by Gasteiger charge is 2.13. The summed E-state index contributed by atoms with van der Waals surface area (Å²) >= 11 is 0. The van der Waals surface area contributed by atoms with Gasteiger partial charge in [-0.3, -0.25) is 4.98 Å². The summed E-state index contributed by atoms with van der Waals surface area (Å²) in [5.74, 6) is -1.83. The van der Waals surface area contributed by atoms with Gasteiger partial charge in [-0.2, -0.15) is 0 Å². The topological polar surface area (TPSA) is 38.9 Å². The van der Waals surface area contributed by atoms with Crippen molar-refractivity contribution in [2.24, 2.45) is 0 Å². The Morgan fingerprint density at radius 3 is 2.69 bits per heavy atom. The van der Waals surface area contributed by atoms with E-state index in [1.807, 2.05) is 0 Å². The fourth-order valence-corrected chi connectivity index (χ4v) is 1.47. The molecule has 2 aromatic rings. The van der Waals surface area contributed by atoms with Crippen LogP contribution in [0.25, 0.3) is 11.3 Å². The fraction of sp³-hybridized carbons (Fsp3) is 0.0833. The minimum atomic E-state index is -0.924. The van der Waals surface area contributed by atoms with Gasteiger partial charge in [0.2, 0.25) is 0 Å². The summed E-state index contributed by atoms with van der Waals surface area (Å²) in [6.45, 7) is 1.79. The zero-order valence-corrected chi connectivity index (χ0v) is 8.67. The van der Waals surface area contributed by atoms with Crippen LogP contribution in [0.2, 0.25) is 0 Å². The minimum absolute atomic E-state index is 0.0844. The van der Waals surface area contributed by atoms with E-state index in [1.165, 1.54) is 18.3 Å². The Labute approximate surface area is 91.7 Å². The van der Waals surface area contributed by atoms with Gasteiger partial charge >= 0.3 is 0 Å². The number of nitrogens with two attached hydrogens (primary N) is 1.